The number of halogens is 2. The number of amides is 1. The van der Waals surface area contributed by atoms with Gasteiger partial charge >= 0.3 is 5.97 Å². The van der Waals surface area contributed by atoms with Crippen molar-refractivity contribution in [2.75, 3.05) is 6.61 Å². The lowest BCUT2D eigenvalue weighted by Gasteiger charge is -2.30. The number of rotatable bonds is 3. The molecule has 0 saturated heterocycles. The van der Waals surface area contributed by atoms with E-state index >= 15 is 0 Å². The van der Waals surface area contributed by atoms with E-state index in [9.17, 15) is 14.7 Å². The van der Waals surface area contributed by atoms with Crippen LogP contribution in [-0.2, 0) is 14.3 Å². The topological polar surface area (TPSA) is 79.7 Å². The largest absolute Gasteiger partial charge is 0.511 e. The number of hydrogen-bond acceptors (Lipinski definition) is 5. The van der Waals surface area contributed by atoms with Gasteiger partial charge in [-0.2, -0.15) is 0 Å². The Hall–Kier alpha value is -1.60. The molecule has 1 unspecified atom stereocenters. The van der Waals surface area contributed by atoms with Crippen LogP contribution in [0.1, 0.15) is 24.9 Å². The van der Waals surface area contributed by atoms with Crippen LogP contribution in [0.15, 0.2) is 29.7 Å². The molecule has 6 nitrogen and oxygen atoms in total. The number of nitrogens with zero attached hydrogens (tertiary/aromatic N) is 2. The number of aliphatic hydroxyl groups excluding tert-OH is 1. The second-order valence-corrected chi connectivity index (χ2v) is 5.44. The van der Waals surface area contributed by atoms with E-state index in [0.29, 0.717) is 10.7 Å². The van der Waals surface area contributed by atoms with Crippen molar-refractivity contribution in [1.29, 1.82) is 0 Å². The number of pyridine rings is 1. The molecule has 0 aliphatic carbocycles. The molecule has 0 fully saturated rings. The summed E-state index contributed by atoms with van der Waals surface area (Å²) in [4.78, 5) is 27.9. The van der Waals surface area contributed by atoms with Gasteiger partial charge in [0, 0.05) is 12.6 Å². The summed E-state index contributed by atoms with van der Waals surface area (Å²) < 4.78 is 5.97. The predicted octanol–water partition coefficient (Wildman–Crippen LogP) is 2.69. The zero-order valence-electron chi connectivity index (χ0n) is 11.0. The normalized spacial score (nSPS) is 18.9. The fourth-order valence-electron chi connectivity index (χ4n) is 1.98. The van der Waals surface area contributed by atoms with Gasteiger partial charge in [0.1, 0.15) is 10.9 Å². The van der Waals surface area contributed by atoms with E-state index in [2.05, 4.69) is 21.1 Å². The van der Waals surface area contributed by atoms with Crippen LogP contribution in [0.4, 0.5) is 0 Å². The first-order valence-corrected chi connectivity index (χ1v) is 7.24. The van der Waals surface area contributed by atoms with E-state index < -0.39 is 17.9 Å². The SMILES string of the molecule is CCOC(=O)C1=C(O)CC(c2ccc(Cl)nc2)N(Br)C1=O. The van der Waals surface area contributed by atoms with Gasteiger partial charge < -0.3 is 9.84 Å². The molecular weight excluding hydrogens is 364 g/mol. The standard InChI is InChI=1S/C13H12BrClN2O4/c1-2-21-13(20)11-9(18)5-8(17(14)12(11)19)7-3-4-10(15)16-6-7/h3-4,6,8,18H,2,5H2,1H3. The zero-order chi connectivity index (χ0) is 15.6. The van der Waals surface area contributed by atoms with Crippen molar-refractivity contribution in [3.05, 3.63) is 40.4 Å². The summed E-state index contributed by atoms with van der Waals surface area (Å²) in [5.74, 6) is -1.79. The average Bonchev–Trinajstić information content (AvgIpc) is 2.44. The van der Waals surface area contributed by atoms with Crippen LogP contribution < -0.4 is 0 Å². The first-order valence-electron chi connectivity index (χ1n) is 6.15. The van der Waals surface area contributed by atoms with Crippen molar-refractivity contribution < 1.29 is 19.4 Å². The maximum atomic E-state index is 12.2. The van der Waals surface area contributed by atoms with E-state index in [4.69, 9.17) is 16.3 Å². The Balaban J connectivity index is 2.33. The Morgan fingerprint density at radius 1 is 1.62 bits per heavy atom. The van der Waals surface area contributed by atoms with Gasteiger partial charge in [0.2, 0.25) is 0 Å². The molecule has 1 atom stereocenters. The number of carbonyl (C=O) groups is 2. The molecule has 1 aliphatic rings. The van der Waals surface area contributed by atoms with Crippen molar-refractivity contribution in [2.24, 2.45) is 0 Å². The summed E-state index contributed by atoms with van der Waals surface area (Å²) in [6, 6.07) is 2.80. The van der Waals surface area contributed by atoms with Crippen LogP contribution >= 0.6 is 27.7 Å². The third-order valence-corrected chi connectivity index (χ3v) is 4.01. The van der Waals surface area contributed by atoms with E-state index in [-0.39, 0.29) is 24.4 Å². The minimum Gasteiger partial charge on any atom is -0.511 e. The highest BCUT2D eigenvalue weighted by Crippen LogP contribution is 2.36. The lowest BCUT2D eigenvalue weighted by Crippen LogP contribution is -2.36. The number of hydrogen-bond donors (Lipinski definition) is 1. The van der Waals surface area contributed by atoms with Gasteiger partial charge in [0.05, 0.1) is 28.8 Å². The molecular formula is C13H12BrClN2O4. The molecule has 1 aromatic heterocycles. The Morgan fingerprint density at radius 3 is 2.90 bits per heavy atom. The van der Waals surface area contributed by atoms with Gasteiger partial charge in [-0.15, -0.1) is 0 Å². The summed E-state index contributed by atoms with van der Waals surface area (Å²) in [6.07, 6.45) is 1.59. The number of aromatic nitrogens is 1. The molecule has 1 aliphatic heterocycles. The van der Waals surface area contributed by atoms with Crippen LogP contribution in [0.3, 0.4) is 0 Å². The quantitative estimate of drug-likeness (QED) is 0.380. The van der Waals surface area contributed by atoms with E-state index in [1.165, 1.54) is 10.1 Å². The fraction of sp³-hybridized carbons (Fsp3) is 0.308. The second-order valence-electron chi connectivity index (χ2n) is 4.29. The minimum atomic E-state index is -0.836. The molecule has 112 valence electrons. The number of esters is 1. The van der Waals surface area contributed by atoms with Crippen LogP contribution in [0.2, 0.25) is 5.15 Å². The van der Waals surface area contributed by atoms with E-state index in [0.717, 1.165) is 0 Å². The maximum absolute atomic E-state index is 12.2. The highest BCUT2D eigenvalue weighted by atomic mass is 79.9. The Labute approximate surface area is 134 Å². The second kappa shape index (κ2) is 6.44. The lowest BCUT2D eigenvalue weighted by atomic mass is 9.97. The summed E-state index contributed by atoms with van der Waals surface area (Å²) in [7, 11) is 0. The third kappa shape index (κ3) is 3.19. The van der Waals surface area contributed by atoms with Crippen molar-refractivity contribution in [1.82, 2.24) is 8.91 Å². The lowest BCUT2D eigenvalue weighted by molar-refractivity contribution is -0.142. The highest BCUT2D eigenvalue weighted by Gasteiger charge is 2.38. The Kier molecular flexibility index (Phi) is 4.84. The number of ether oxygens (including phenoxy) is 1. The zero-order valence-corrected chi connectivity index (χ0v) is 13.4. The molecule has 0 aromatic carbocycles. The number of carbonyl (C=O) groups excluding carboxylic acids is 2. The van der Waals surface area contributed by atoms with Crippen LogP contribution in [0.5, 0.6) is 0 Å². The van der Waals surface area contributed by atoms with Gasteiger partial charge in [-0.1, -0.05) is 17.7 Å². The first-order chi connectivity index (χ1) is 9.95. The molecule has 1 N–H and O–H groups in total. The third-order valence-electron chi connectivity index (χ3n) is 2.97. The van der Waals surface area contributed by atoms with Crippen LogP contribution in [-0.4, -0.2) is 32.5 Å². The van der Waals surface area contributed by atoms with Gasteiger partial charge in [-0.3, -0.25) is 8.72 Å². The summed E-state index contributed by atoms with van der Waals surface area (Å²) >= 11 is 8.85. The van der Waals surface area contributed by atoms with Crippen molar-refractivity contribution in [3.63, 3.8) is 0 Å². The van der Waals surface area contributed by atoms with Crippen LogP contribution in [0.25, 0.3) is 0 Å². The highest BCUT2D eigenvalue weighted by molar-refractivity contribution is 9.07. The van der Waals surface area contributed by atoms with Crippen LogP contribution in [0, 0.1) is 0 Å². The molecule has 0 bridgehead atoms. The molecule has 2 rings (SSSR count). The molecule has 1 aromatic rings. The monoisotopic (exact) mass is 374 g/mol. The number of aliphatic hydroxyl groups is 1. The van der Waals surface area contributed by atoms with Gasteiger partial charge in [0.15, 0.2) is 5.57 Å². The molecule has 2 heterocycles. The van der Waals surface area contributed by atoms with Gasteiger partial charge in [-0.25, -0.2) is 9.78 Å². The summed E-state index contributed by atoms with van der Waals surface area (Å²) in [5, 5.41) is 10.3. The van der Waals surface area contributed by atoms with E-state index in [1.54, 1.807) is 19.1 Å². The molecule has 8 heteroatoms. The van der Waals surface area contributed by atoms with Crippen molar-refractivity contribution in [2.45, 2.75) is 19.4 Å². The van der Waals surface area contributed by atoms with Crippen molar-refractivity contribution in [3.8, 4) is 0 Å². The predicted molar refractivity (Wildman–Crippen MR) is 78.7 cm³/mol. The average molecular weight is 376 g/mol. The summed E-state index contributed by atoms with van der Waals surface area (Å²) in [5.41, 5.74) is 0.325. The fourth-order valence-corrected chi connectivity index (χ4v) is 2.65. The van der Waals surface area contributed by atoms with E-state index in [1.807, 2.05) is 0 Å². The minimum absolute atomic E-state index is 0.0778. The smallest absolute Gasteiger partial charge is 0.347 e. The van der Waals surface area contributed by atoms with Gasteiger partial charge in [0.25, 0.3) is 5.91 Å². The van der Waals surface area contributed by atoms with Crippen molar-refractivity contribution >= 4 is 39.6 Å². The Bertz CT molecular complexity index is 603. The molecule has 0 spiro atoms. The molecule has 0 radical (unpaired) electrons. The maximum Gasteiger partial charge on any atom is 0.347 e. The molecule has 21 heavy (non-hydrogen) atoms. The molecule has 1 amide bonds. The summed E-state index contributed by atoms with van der Waals surface area (Å²) in [6.45, 7) is 1.74. The molecule has 0 saturated carbocycles. The van der Waals surface area contributed by atoms with Gasteiger partial charge in [-0.05, 0) is 18.6 Å². The first kappa shape index (κ1) is 15.8. The Morgan fingerprint density at radius 2 is 2.33 bits per heavy atom.